The molecule has 0 bridgehead atoms. The Morgan fingerprint density at radius 1 is 0.950 bits per heavy atom. The lowest BCUT2D eigenvalue weighted by atomic mass is 10.1. The maximum absolute atomic E-state index is 11.9. The zero-order valence-electron chi connectivity index (χ0n) is 10.4. The number of para-hydroxylation sites is 1. The van der Waals surface area contributed by atoms with Crippen LogP contribution in [0.2, 0.25) is 0 Å². The van der Waals surface area contributed by atoms with E-state index >= 15 is 0 Å². The highest BCUT2D eigenvalue weighted by molar-refractivity contribution is 9.10. The number of carbonyl (C=O) groups excluding carboxylic acids is 2. The van der Waals surface area contributed by atoms with Crippen LogP contribution < -0.4 is 16.4 Å². The van der Waals surface area contributed by atoms with Gasteiger partial charge in [0.25, 0.3) is 5.91 Å². The van der Waals surface area contributed by atoms with E-state index in [1.54, 1.807) is 36.4 Å². The van der Waals surface area contributed by atoms with E-state index in [-0.39, 0.29) is 5.56 Å². The van der Waals surface area contributed by atoms with Crippen molar-refractivity contribution in [1.82, 2.24) is 0 Å². The van der Waals surface area contributed by atoms with Crippen LogP contribution in [0.15, 0.2) is 53.0 Å². The molecule has 5 nitrogen and oxygen atoms in total. The standard InChI is InChI=1S/C14H12BrN3O2/c15-9-5-7-10(8-6-9)17-14(20)18-12-4-2-1-3-11(12)13(16)19/h1-8H,(H2,16,19)(H2,17,18,20). The average molecular weight is 334 g/mol. The number of amides is 3. The van der Waals surface area contributed by atoms with Crippen LogP contribution in [0.3, 0.4) is 0 Å². The third kappa shape index (κ3) is 3.58. The zero-order valence-corrected chi connectivity index (χ0v) is 12.0. The second-order valence-electron chi connectivity index (χ2n) is 4.00. The first-order chi connectivity index (χ1) is 9.56. The minimum Gasteiger partial charge on any atom is -0.366 e. The van der Waals surface area contributed by atoms with Gasteiger partial charge in [-0.3, -0.25) is 4.79 Å². The molecule has 0 radical (unpaired) electrons. The Morgan fingerprint density at radius 2 is 1.60 bits per heavy atom. The Bertz CT molecular complexity index is 641. The van der Waals surface area contributed by atoms with Gasteiger partial charge in [0.1, 0.15) is 0 Å². The minimum absolute atomic E-state index is 0.262. The third-order valence-electron chi connectivity index (χ3n) is 2.54. The van der Waals surface area contributed by atoms with Gasteiger partial charge in [0, 0.05) is 10.2 Å². The highest BCUT2D eigenvalue weighted by Gasteiger charge is 2.10. The summed E-state index contributed by atoms with van der Waals surface area (Å²) in [5.41, 5.74) is 6.52. The van der Waals surface area contributed by atoms with E-state index in [1.807, 2.05) is 12.1 Å². The summed E-state index contributed by atoms with van der Waals surface area (Å²) in [4.78, 5) is 23.1. The fourth-order valence-electron chi connectivity index (χ4n) is 1.62. The molecule has 0 aliphatic heterocycles. The summed E-state index contributed by atoms with van der Waals surface area (Å²) >= 11 is 3.31. The van der Waals surface area contributed by atoms with Gasteiger partial charge in [0.15, 0.2) is 0 Å². The predicted molar refractivity (Wildman–Crippen MR) is 81.7 cm³/mol. The summed E-state index contributed by atoms with van der Waals surface area (Å²) in [7, 11) is 0. The van der Waals surface area contributed by atoms with Crippen LogP contribution in [0, 0.1) is 0 Å². The molecule has 0 aliphatic carbocycles. The molecular formula is C14H12BrN3O2. The molecule has 2 aromatic carbocycles. The van der Waals surface area contributed by atoms with Crippen molar-refractivity contribution >= 4 is 39.2 Å². The number of primary amides is 1. The van der Waals surface area contributed by atoms with E-state index in [4.69, 9.17) is 5.73 Å². The van der Waals surface area contributed by atoms with Gasteiger partial charge in [-0.25, -0.2) is 4.79 Å². The summed E-state index contributed by atoms with van der Waals surface area (Å²) in [6.45, 7) is 0. The van der Waals surface area contributed by atoms with Crippen molar-refractivity contribution in [3.05, 3.63) is 58.6 Å². The largest absolute Gasteiger partial charge is 0.366 e. The maximum atomic E-state index is 11.9. The monoisotopic (exact) mass is 333 g/mol. The molecule has 4 N–H and O–H groups in total. The van der Waals surface area contributed by atoms with Gasteiger partial charge in [-0.05, 0) is 36.4 Å². The number of nitrogens with one attached hydrogen (secondary N) is 2. The number of rotatable bonds is 3. The van der Waals surface area contributed by atoms with Gasteiger partial charge in [0.2, 0.25) is 0 Å². The summed E-state index contributed by atoms with van der Waals surface area (Å²) in [6, 6.07) is 13.2. The summed E-state index contributed by atoms with van der Waals surface area (Å²) in [6.07, 6.45) is 0. The van der Waals surface area contributed by atoms with Crippen molar-refractivity contribution in [1.29, 1.82) is 0 Å². The fraction of sp³-hybridized carbons (Fsp3) is 0. The molecule has 3 amide bonds. The van der Waals surface area contributed by atoms with Crippen LogP contribution in [0.1, 0.15) is 10.4 Å². The van der Waals surface area contributed by atoms with Crippen molar-refractivity contribution in [3.8, 4) is 0 Å². The highest BCUT2D eigenvalue weighted by Crippen LogP contribution is 2.16. The smallest absolute Gasteiger partial charge is 0.323 e. The van der Waals surface area contributed by atoms with E-state index in [2.05, 4.69) is 26.6 Å². The van der Waals surface area contributed by atoms with Crippen LogP contribution in [0.4, 0.5) is 16.2 Å². The van der Waals surface area contributed by atoms with Gasteiger partial charge in [-0.15, -0.1) is 0 Å². The number of benzene rings is 2. The molecule has 0 aliphatic rings. The second-order valence-corrected chi connectivity index (χ2v) is 4.91. The summed E-state index contributed by atoms with van der Waals surface area (Å²) in [5.74, 6) is -0.593. The Balaban J connectivity index is 2.08. The lowest BCUT2D eigenvalue weighted by Gasteiger charge is -2.10. The van der Waals surface area contributed by atoms with Crippen molar-refractivity contribution in [2.75, 3.05) is 10.6 Å². The molecule has 2 aromatic rings. The highest BCUT2D eigenvalue weighted by atomic mass is 79.9. The Hall–Kier alpha value is -2.34. The van der Waals surface area contributed by atoms with Crippen LogP contribution in [0.5, 0.6) is 0 Å². The third-order valence-corrected chi connectivity index (χ3v) is 3.07. The molecule has 102 valence electrons. The van der Waals surface area contributed by atoms with Crippen molar-refractivity contribution in [3.63, 3.8) is 0 Å². The van der Waals surface area contributed by atoms with E-state index in [1.165, 1.54) is 0 Å². The number of hydrogen-bond donors (Lipinski definition) is 3. The number of anilines is 2. The van der Waals surface area contributed by atoms with E-state index in [0.717, 1.165) is 4.47 Å². The Labute approximate surface area is 124 Å². The number of nitrogens with two attached hydrogens (primary N) is 1. The quantitative estimate of drug-likeness (QED) is 0.805. The molecule has 0 heterocycles. The summed E-state index contributed by atoms with van der Waals surface area (Å²) < 4.78 is 0.919. The molecule has 0 spiro atoms. The lowest BCUT2D eigenvalue weighted by Crippen LogP contribution is -2.22. The molecular weight excluding hydrogens is 322 g/mol. The molecule has 0 atom stereocenters. The van der Waals surface area contributed by atoms with Crippen LogP contribution in [-0.4, -0.2) is 11.9 Å². The topological polar surface area (TPSA) is 84.2 Å². The van der Waals surface area contributed by atoms with Crippen molar-refractivity contribution in [2.45, 2.75) is 0 Å². The molecule has 0 unspecified atom stereocenters. The molecule has 0 saturated carbocycles. The van der Waals surface area contributed by atoms with Crippen molar-refractivity contribution < 1.29 is 9.59 Å². The number of halogens is 1. The number of carbonyl (C=O) groups is 2. The SMILES string of the molecule is NC(=O)c1ccccc1NC(=O)Nc1ccc(Br)cc1. The second kappa shape index (κ2) is 6.21. The van der Waals surface area contributed by atoms with E-state index < -0.39 is 11.9 Å². The first-order valence-electron chi connectivity index (χ1n) is 5.78. The fourth-order valence-corrected chi connectivity index (χ4v) is 1.89. The Morgan fingerprint density at radius 3 is 2.25 bits per heavy atom. The summed E-state index contributed by atoms with van der Waals surface area (Å²) in [5, 5.41) is 5.25. The van der Waals surface area contributed by atoms with Crippen LogP contribution >= 0.6 is 15.9 Å². The molecule has 0 aromatic heterocycles. The van der Waals surface area contributed by atoms with Gasteiger partial charge in [-0.2, -0.15) is 0 Å². The first kappa shape index (κ1) is 14.1. The van der Waals surface area contributed by atoms with Gasteiger partial charge < -0.3 is 16.4 Å². The predicted octanol–water partition coefficient (Wildman–Crippen LogP) is 3.19. The van der Waals surface area contributed by atoms with Gasteiger partial charge in [0.05, 0.1) is 11.3 Å². The van der Waals surface area contributed by atoms with Crippen molar-refractivity contribution in [2.24, 2.45) is 5.73 Å². The number of urea groups is 1. The lowest BCUT2D eigenvalue weighted by molar-refractivity contribution is 0.100. The first-order valence-corrected chi connectivity index (χ1v) is 6.58. The molecule has 20 heavy (non-hydrogen) atoms. The Kier molecular flexibility index (Phi) is 4.37. The molecule has 0 saturated heterocycles. The maximum Gasteiger partial charge on any atom is 0.323 e. The van der Waals surface area contributed by atoms with Gasteiger partial charge in [-0.1, -0.05) is 28.1 Å². The zero-order chi connectivity index (χ0) is 14.5. The van der Waals surface area contributed by atoms with E-state index in [0.29, 0.717) is 11.4 Å². The average Bonchev–Trinajstić information content (AvgIpc) is 2.41. The molecule has 2 rings (SSSR count). The molecule has 0 fully saturated rings. The van der Waals surface area contributed by atoms with E-state index in [9.17, 15) is 9.59 Å². The minimum atomic E-state index is -0.593. The van der Waals surface area contributed by atoms with Gasteiger partial charge >= 0.3 is 6.03 Å². The van der Waals surface area contributed by atoms with Crippen LogP contribution in [-0.2, 0) is 0 Å². The molecule has 6 heteroatoms. The van der Waals surface area contributed by atoms with Crippen LogP contribution in [0.25, 0.3) is 0 Å². The number of hydrogen-bond acceptors (Lipinski definition) is 2. The normalized spacial score (nSPS) is 9.85.